The van der Waals surface area contributed by atoms with Gasteiger partial charge >= 0.3 is 0 Å². The Morgan fingerprint density at radius 1 is 1.70 bits per heavy atom. The van der Waals surface area contributed by atoms with Gasteiger partial charge in [0, 0.05) is 11.7 Å². The number of hydrogen-bond donors (Lipinski definition) is 0. The van der Waals surface area contributed by atoms with E-state index in [9.17, 15) is 4.79 Å². The van der Waals surface area contributed by atoms with Gasteiger partial charge in [0.1, 0.15) is 5.78 Å². The van der Waals surface area contributed by atoms with Gasteiger partial charge < -0.3 is 4.79 Å². The molecule has 0 aromatic rings. The maximum atomic E-state index is 10.7. The Balaban J connectivity index is 2.33. The van der Waals surface area contributed by atoms with E-state index >= 15 is 0 Å². The zero-order chi connectivity index (χ0) is 7.56. The molecule has 1 saturated heterocycles. The van der Waals surface area contributed by atoms with Gasteiger partial charge in [-0.1, -0.05) is 6.92 Å². The molecule has 1 aliphatic heterocycles. The molecule has 1 rings (SSSR count). The molecule has 0 aliphatic carbocycles. The van der Waals surface area contributed by atoms with Crippen molar-refractivity contribution in [3.8, 4) is 0 Å². The van der Waals surface area contributed by atoms with E-state index in [0.717, 1.165) is 6.42 Å². The Morgan fingerprint density at radius 3 is 2.80 bits per heavy atom. The molecule has 10 heavy (non-hydrogen) atoms. The molecule has 0 aromatic heterocycles. The second-order valence-corrected chi connectivity index (χ2v) is 4.52. The van der Waals surface area contributed by atoms with Crippen LogP contribution < -0.4 is 0 Å². The van der Waals surface area contributed by atoms with Crippen LogP contribution in [0.5, 0.6) is 0 Å². The van der Waals surface area contributed by atoms with Crippen LogP contribution in [0.1, 0.15) is 26.7 Å². The monoisotopic (exact) mass is 158 g/mol. The minimum atomic E-state index is 0.347. The normalized spacial score (nSPS) is 32.6. The highest BCUT2D eigenvalue weighted by molar-refractivity contribution is 8.00. The summed E-state index contributed by atoms with van der Waals surface area (Å²) >= 11 is 2.00. The van der Waals surface area contributed by atoms with Crippen LogP contribution in [0.25, 0.3) is 0 Å². The molecular formula is C8H14OS. The van der Waals surface area contributed by atoms with Crippen molar-refractivity contribution < 1.29 is 4.79 Å². The second kappa shape index (κ2) is 3.42. The summed E-state index contributed by atoms with van der Waals surface area (Å²) in [6.07, 6.45) is 2.04. The molecule has 2 unspecified atom stereocenters. The standard InChI is InChI=1S/C8H14OS/c1-6(9)5-8-3-4-10-7(8)2/h7-8H,3-5H2,1-2H3. The van der Waals surface area contributed by atoms with Crippen LogP contribution in [-0.4, -0.2) is 16.8 Å². The summed E-state index contributed by atoms with van der Waals surface area (Å²) in [5, 5.41) is 0.712. The molecule has 2 heteroatoms. The van der Waals surface area contributed by atoms with E-state index in [4.69, 9.17) is 0 Å². The maximum absolute atomic E-state index is 10.7. The molecule has 0 N–H and O–H groups in total. The van der Waals surface area contributed by atoms with Crippen molar-refractivity contribution in [2.75, 3.05) is 5.75 Å². The number of Topliss-reactive ketones (excluding diaryl/α,β-unsaturated/α-hetero) is 1. The van der Waals surface area contributed by atoms with Crippen LogP contribution in [0.4, 0.5) is 0 Å². The SMILES string of the molecule is CC(=O)CC1CCSC1C. The summed E-state index contributed by atoms with van der Waals surface area (Å²) in [5.41, 5.74) is 0. The third kappa shape index (κ3) is 2.01. The van der Waals surface area contributed by atoms with Crippen molar-refractivity contribution in [1.82, 2.24) is 0 Å². The lowest BCUT2D eigenvalue weighted by Gasteiger charge is -2.10. The van der Waals surface area contributed by atoms with Gasteiger partial charge in [-0.3, -0.25) is 0 Å². The Morgan fingerprint density at radius 2 is 2.40 bits per heavy atom. The van der Waals surface area contributed by atoms with E-state index < -0.39 is 0 Å². The van der Waals surface area contributed by atoms with E-state index in [1.54, 1.807) is 6.92 Å². The molecule has 0 radical (unpaired) electrons. The zero-order valence-electron chi connectivity index (χ0n) is 6.59. The lowest BCUT2D eigenvalue weighted by molar-refractivity contribution is -0.117. The number of ketones is 1. The van der Waals surface area contributed by atoms with E-state index in [2.05, 4.69) is 6.92 Å². The lowest BCUT2D eigenvalue weighted by atomic mass is 9.97. The molecule has 0 saturated carbocycles. The summed E-state index contributed by atoms with van der Waals surface area (Å²) in [4.78, 5) is 10.7. The molecule has 0 amide bonds. The first-order chi connectivity index (χ1) is 4.70. The largest absolute Gasteiger partial charge is 0.300 e. The van der Waals surface area contributed by atoms with E-state index in [1.165, 1.54) is 12.2 Å². The molecule has 1 aliphatic rings. The first kappa shape index (κ1) is 8.12. The Hall–Kier alpha value is 0.0200. The highest BCUT2D eigenvalue weighted by atomic mass is 32.2. The van der Waals surface area contributed by atoms with Crippen molar-refractivity contribution >= 4 is 17.5 Å². The van der Waals surface area contributed by atoms with E-state index in [1.807, 2.05) is 11.8 Å². The van der Waals surface area contributed by atoms with Gasteiger partial charge in [-0.05, 0) is 25.0 Å². The summed E-state index contributed by atoms with van der Waals surface area (Å²) in [7, 11) is 0. The van der Waals surface area contributed by atoms with E-state index in [0.29, 0.717) is 17.0 Å². The van der Waals surface area contributed by atoms with Gasteiger partial charge in [-0.25, -0.2) is 0 Å². The highest BCUT2D eigenvalue weighted by Crippen LogP contribution is 2.33. The minimum absolute atomic E-state index is 0.347. The molecule has 0 aromatic carbocycles. The Kier molecular flexibility index (Phi) is 2.78. The molecule has 1 nitrogen and oxygen atoms in total. The number of carbonyl (C=O) groups excluding carboxylic acids is 1. The zero-order valence-corrected chi connectivity index (χ0v) is 7.41. The van der Waals surface area contributed by atoms with Gasteiger partial charge in [0.2, 0.25) is 0 Å². The van der Waals surface area contributed by atoms with Crippen molar-refractivity contribution in [3.05, 3.63) is 0 Å². The first-order valence-corrected chi connectivity index (χ1v) is 4.86. The fourth-order valence-corrected chi connectivity index (χ4v) is 2.73. The molecule has 58 valence electrons. The summed E-state index contributed by atoms with van der Waals surface area (Å²) < 4.78 is 0. The first-order valence-electron chi connectivity index (χ1n) is 3.81. The van der Waals surface area contributed by atoms with Gasteiger partial charge in [0.05, 0.1) is 0 Å². The van der Waals surface area contributed by atoms with Crippen LogP contribution in [0.15, 0.2) is 0 Å². The van der Waals surface area contributed by atoms with Crippen molar-refractivity contribution in [1.29, 1.82) is 0 Å². The number of rotatable bonds is 2. The molecular weight excluding hydrogens is 144 g/mol. The average molecular weight is 158 g/mol. The number of carbonyl (C=O) groups is 1. The van der Waals surface area contributed by atoms with Crippen molar-refractivity contribution in [2.45, 2.75) is 31.9 Å². The van der Waals surface area contributed by atoms with Gasteiger partial charge in [0.25, 0.3) is 0 Å². The van der Waals surface area contributed by atoms with Crippen LogP contribution in [-0.2, 0) is 4.79 Å². The van der Waals surface area contributed by atoms with Crippen LogP contribution >= 0.6 is 11.8 Å². The van der Waals surface area contributed by atoms with Crippen LogP contribution in [0, 0.1) is 5.92 Å². The van der Waals surface area contributed by atoms with Gasteiger partial charge in [-0.2, -0.15) is 11.8 Å². The molecule has 1 fully saturated rings. The summed E-state index contributed by atoms with van der Waals surface area (Å²) in [5.74, 6) is 2.26. The van der Waals surface area contributed by atoms with Crippen LogP contribution in [0.3, 0.4) is 0 Å². The smallest absolute Gasteiger partial charge is 0.130 e. The fraction of sp³-hybridized carbons (Fsp3) is 0.875. The summed E-state index contributed by atoms with van der Waals surface area (Å²) in [6.45, 7) is 3.92. The van der Waals surface area contributed by atoms with Gasteiger partial charge in [-0.15, -0.1) is 0 Å². The Bertz CT molecular complexity index is 133. The number of thioether (sulfide) groups is 1. The van der Waals surface area contributed by atoms with E-state index in [-0.39, 0.29) is 0 Å². The van der Waals surface area contributed by atoms with Gasteiger partial charge in [0.15, 0.2) is 0 Å². The topological polar surface area (TPSA) is 17.1 Å². The number of hydrogen-bond acceptors (Lipinski definition) is 2. The van der Waals surface area contributed by atoms with Crippen molar-refractivity contribution in [2.24, 2.45) is 5.92 Å². The third-order valence-electron chi connectivity index (χ3n) is 2.08. The predicted octanol–water partition coefficient (Wildman–Crippen LogP) is 2.11. The Labute approximate surface area is 66.6 Å². The fourth-order valence-electron chi connectivity index (χ4n) is 1.41. The maximum Gasteiger partial charge on any atom is 0.130 e. The third-order valence-corrected chi connectivity index (χ3v) is 3.46. The lowest BCUT2D eigenvalue weighted by Crippen LogP contribution is -2.10. The minimum Gasteiger partial charge on any atom is -0.300 e. The molecule has 2 atom stereocenters. The van der Waals surface area contributed by atoms with Crippen LogP contribution in [0.2, 0.25) is 0 Å². The molecule has 1 heterocycles. The summed E-state index contributed by atoms with van der Waals surface area (Å²) in [6, 6.07) is 0. The quantitative estimate of drug-likeness (QED) is 0.612. The molecule has 0 bridgehead atoms. The molecule has 0 spiro atoms. The second-order valence-electron chi connectivity index (χ2n) is 3.03. The predicted molar refractivity (Wildman–Crippen MR) is 45.3 cm³/mol. The highest BCUT2D eigenvalue weighted by Gasteiger charge is 2.24. The average Bonchev–Trinajstić information content (AvgIpc) is 2.15. The van der Waals surface area contributed by atoms with Crippen molar-refractivity contribution in [3.63, 3.8) is 0 Å².